The molecule has 0 fully saturated rings. The molecule has 0 spiro atoms. The van der Waals surface area contributed by atoms with Gasteiger partial charge in [0.1, 0.15) is 11.5 Å². The molecule has 7 nitrogen and oxygen atoms in total. The Hall–Kier alpha value is -3.68. The Morgan fingerprint density at radius 2 is 1.97 bits per heavy atom. The topological polar surface area (TPSA) is 85.4 Å². The Bertz CT molecular complexity index is 1030. The number of fused-ring (bicyclic) bond motifs is 1. The minimum Gasteiger partial charge on any atom is -0.454 e. The molecule has 0 saturated carbocycles. The van der Waals surface area contributed by atoms with Gasteiger partial charge in [0.2, 0.25) is 12.7 Å². The minimum atomic E-state index is -0.317. The summed E-state index contributed by atoms with van der Waals surface area (Å²) in [5, 5.41) is 5.84. The van der Waals surface area contributed by atoms with Crippen molar-refractivity contribution in [3.63, 3.8) is 0 Å². The van der Waals surface area contributed by atoms with E-state index in [2.05, 4.69) is 20.6 Å². The number of anilines is 1. The quantitative estimate of drug-likeness (QED) is 0.641. The molecule has 0 saturated heterocycles. The summed E-state index contributed by atoms with van der Waals surface area (Å²) < 4.78 is 24.3. The Morgan fingerprint density at radius 1 is 1.10 bits per heavy atom. The third-order valence-corrected chi connectivity index (χ3v) is 4.41. The molecule has 0 bridgehead atoms. The van der Waals surface area contributed by atoms with Crippen LogP contribution in [0.5, 0.6) is 11.5 Å². The summed E-state index contributed by atoms with van der Waals surface area (Å²) in [6.07, 6.45) is 1.99. The number of rotatable bonds is 7. The van der Waals surface area contributed by atoms with Gasteiger partial charge in [0.25, 0.3) is 5.91 Å². The number of carbonyl (C=O) groups is 1. The van der Waals surface area contributed by atoms with E-state index in [-0.39, 0.29) is 24.2 Å². The van der Waals surface area contributed by atoms with Crippen LogP contribution < -0.4 is 20.1 Å². The average Bonchev–Trinajstić information content (AvgIpc) is 3.21. The number of benzene rings is 2. The van der Waals surface area contributed by atoms with Crippen LogP contribution >= 0.6 is 0 Å². The van der Waals surface area contributed by atoms with Gasteiger partial charge < -0.3 is 20.1 Å². The first-order valence-corrected chi connectivity index (χ1v) is 9.16. The van der Waals surface area contributed by atoms with Crippen molar-refractivity contribution in [1.82, 2.24) is 15.3 Å². The van der Waals surface area contributed by atoms with Gasteiger partial charge >= 0.3 is 0 Å². The van der Waals surface area contributed by atoms with Gasteiger partial charge in [-0.15, -0.1) is 0 Å². The summed E-state index contributed by atoms with van der Waals surface area (Å²) in [4.78, 5) is 20.7. The second-order valence-corrected chi connectivity index (χ2v) is 6.40. The predicted octanol–water partition coefficient (Wildman–Crippen LogP) is 2.93. The molecule has 0 atom stereocenters. The van der Waals surface area contributed by atoms with Crippen LogP contribution in [0, 0.1) is 5.82 Å². The lowest BCUT2D eigenvalue weighted by molar-refractivity contribution is 0.0945. The Morgan fingerprint density at radius 3 is 2.86 bits per heavy atom. The summed E-state index contributed by atoms with van der Waals surface area (Å²) in [5.74, 6) is 1.12. The molecule has 8 heteroatoms. The fraction of sp³-hybridized carbons (Fsp3) is 0.190. The van der Waals surface area contributed by atoms with Crippen molar-refractivity contribution in [2.24, 2.45) is 0 Å². The highest BCUT2D eigenvalue weighted by Crippen LogP contribution is 2.32. The molecule has 2 N–H and O–H groups in total. The predicted molar refractivity (Wildman–Crippen MR) is 104 cm³/mol. The molecule has 1 aliphatic heterocycles. The maximum Gasteiger partial charge on any atom is 0.270 e. The van der Waals surface area contributed by atoms with Crippen molar-refractivity contribution in [1.29, 1.82) is 0 Å². The molecule has 3 aromatic rings. The normalized spacial score (nSPS) is 11.9. The monoisotopic (exact) mass is 394 g/mol. The lowest BCUT2D eigenvalue weighted by atomic mass is 10.1. The standard InChI is InChI=1S/C21H19FN4O3/c22-16-4-2-1-3-15(16)7-9-23-21-24-10-8-17(26-21)20(27)25-12-14-5-6-18-19(11-14)29-13-28-18/h1-6,8,10-11H,7,9,12-13H2,(H,25,27)(H,23,24,26). The zero-order valence-electron chi connectivity index (χ0n) is 15.5. The molecular formula is C21H19FN4O3. The van der Waals surface area contributed by atoms with Gasteiger partial charge in [0.05, 0.1) is 0 Å². The first-order chi connectivity index (χ1) is 14.2. The first-order valence-electron chi connectivity index (χ1n) is 9.16. The van der Waals surface area contributed by atoms with Crippen molar-refractivity contribution in [2.45, 2.75) is 13.0 Å². The van der Waals surface area contributed by atoms with Crippen molar-refractivity contribution >= 4 is 11.9 Å². The fourth-order valence-corrected chi connectivity index (χ4v) is 2.90. The number of nitrogens with one attached hydrogen (secondary N) is 2. The van der Waals surface area contributed by atoms with Crippen LogP contribution in [0.4, 0.5) is 10.3 Å². The number of carbonyl (C=O) groups excluding carboxylic acids is 1. The van der Waals surface area contributed by atoms with E-state index in [4.69, 9.17) is 9.47 Å². The highest BCUT2D eigenvalue weighted by Gasteiger charge is 2.14. The van der Waals surface area contributed by atoms with E-state index in [9.17, 15) is 9.18 Å². The number of ether oxygens (including phenoxy) is 2. The van der Waals surface area contributed by atoms with Crippen molar-refractivity contribution in [3.05, 3.63) is 77.4 Å². The van der Waals surface area contributed by atoms with Crippen LogP contribution in [0.3, 0.4) is 0 Å². The number of hydrogen-bond acceptors (Lipinski definition) is 6. The van der Waals surface area contributed by atoms with Crippen LogP contribution in [0.15, 0.2) is 54.7 Å². The largest absolute Gasteiger partial charge is 0.454 e. The molecule has 4 rings (SSSR count). The number of nitrogens with zero attached hydrogens (tertiary/aromatic N) is 2. The average molecular weight is 394 g/mol. The molecular weight excluding hydrogens is 375 g/mol. The molecule has 1 amide bonds. The Labute approximate surface area is 166 Å². The smallest absolute Gasteiger partial charge is 0.270 e. The van der Waals surface area contributed by atoms with Gasteiger partial charge in [-0.2, -0.15) is 0 Å². The second-order valence-electron chi connectivity index (χ2n) is 6.40. The molecule has 148 valence electrons. The summed E-state index contributed by atoms with van der Waals surface area (Å²) >= 11 is 0. The van der Waals surface area contributed by atoms with Gasteiger partial charge in [-0.3, -0.25) is 4.79 Å². The van der Waals surface area contributed by atoms with Gasteiger partial charge in [-0.05, 0) is 41.8 Å². The summed E-state index contributed by atoms with van der Waals surface area (Å²) in [6.45, 7) is 0.984. The van der Waals surface area contributed by atoms with E-state index in [1.807, 2.05) is 18.2 Å². The summed E-state index contributed by atoms with van der Waals surface area (Å²) in [6, 6.07) is 13.7. The molecule has 29 heavy (non-hydrogen) atoms. The fourth-order valence-electron chi connectivity index (χ4n) is 2.90. The van der Waals surface area contributed by atoms with Crippen LogP contribution in [0.25, 0.3) is 0 Å². The zero-order chi connectivity index (χ0) is 20.1. The van der Waals surface area contributed by atoms with Crippen LogP contribution in [-0.2, 0) is 13.0 Å². The lowest BCUT2D eigenvalue weighted by Crippen LogP contribution is -2.24. The van der Waals surface area contributed by atoms with Crippen molar-refractivity contribution in [2.75, 3.05) is 18.7 Å². The number of halogens is 1. The van der Waals surface area contributed by atoms with E-state index >= 15 is 0 Å². The highest BCUT2D eigenvalue weighted by molar-refractivity contribution is 5.92. The van der Waals surface area contributed by atoms with Gasteiger partial charge in [-0.25, -0.2) is 14.4 Å². The summed E-state index contributed by atoms with van der Waals surface area (Å²) in [7, 11) is 0. The third kappa shape index (κ3) is 4.60. The zero-order valence-corrected chi connectivity index (χ0v) is 15.5. The SMILES string of the molecule is O=C(NCc1ccc2c(c1)OCO2)c1ccnc(NCCc2ccccc2F)n1. The lowest BCUT2D eigenvalue weighted by Gasteiger charge is -2.08. The number of aromatic nitrogens is 2. The molecule has 1 aromatic heterocycles. The van der Waals surface area contributed by atoms with Crippen molar-refractivity contribution in [3.8, 4) is 11.5 Å². The van der Waals surface area contributed by atoms with E-state index in [1.165, 1.54) is 18.3 Å². The minimum absolute atomic E-state index is 0.207. The van der Waals surface area contributed by atoms with Crippen LogP contribution in [0.1, 0.15) is 21.6 Å². The molecule has 2 heterocycles. The van der Waals surface area contributed by atoms with Crippen LogP contribution in [0.2, 0.25) is 0 Å². The summed E-state index contributed by atoms with van der Waals surface area (Å²) in [5.41, 5.74) is 1.74. The van der Waals surface area contributed by atoms with Gasteiger partial charge in [0, 0.05) is 19.3 Å². The van der Waals surface area contributed by atoms with Crippen molar-refractivity contribution < 1.29 is 18.7 Å². The van der Waals surface area contributed by atoms with E-state index < -0.39 is 0 Å². The number of amides is 1. The molecule has 1 aliphatic rings. The Kier molecular flexibility index (Phi) is 5.51. The van der Waals surface area contributed by atoms with Gasteiger partial charge in [-0.1, -0.05) is 24.3 Å². The first kappa shape index (κ1) is 18.7. The van der Waals surface area contributed by atoms with E-state index in [0.29, 0.717) is 42.5 Å². The van der Waals surface area contributed by atoms with Gasteiger partial charge in [0.15, 0.2) is 11.5 Å². The molecule has 0 aliphatic carbocycles. The Balaban J connectivity index is 1.31. The number of hydrogen-bond donors (Lipinski definition) is 2. The maximum atomic E-state index is 13.7. The highest BCUT2D eigenvalue weighted by atomic mass is 19.1. The maximum absolute atomic E-state index is 13.7. The molecule has 0 radical (unpaired) electrons. The van der Waals surface area contributed by atoms with E-state index in [0.717, 1.165) is 5.56 Å². The third-order valence-electron chi connectivity index (χ3n) is 4.41. The second kappa shape index (κ2) is 8.55. The molecule has 0 unspecified atom stereocenters. The van der Waals surface area contributed by atoms with E-state index in [1.54, 1.807) is 18.2 Å². The van der Waals surface area contributed by atoms with Crippen LogP contribution in [-0.4, -0.2) is 29.2 Å². The molecule has 2 aromatic carbocycles.